The van der Waals surface area contributed by atoms with E-state index in [9.17, 15) is 19.7 Å². The van der Waals surface area contributed by atoms with Crippen LogP contribution in [0.15, 0.2) is 0 Å². The first-order chi connectivity index (χ1) is 2.45. The topological polar surface area (TPSA) is 0 Å². The van der Waals surface area contributed by atoms with Gasteiger partial charge in [0.1, 0.15) is 0 Å². The second-order valence-corrected chi connectivity index (χ2v) is 6.20. The quantitative estimate of drug-likeness (QED) is 0.603. The molecular weight excluding hydrogens is 304 g/mol. The summed E-state index contributed by atoms with van der Waals surface area (Å²) in [7, 11) is 0. The Labute approximate surface area is 36.3 Å². The average molecular weight is 304 g/mol. The number of rotatable bonds is 0. The van der Waals surface area contributed by atoms with Gasteiger partial charge in [-0.25, -0.2) is 0 Å². The Kier molecular flexibility index (Phi) is 0.753. The van der Waals surface area contributed by atoms with Crippen LogP contribution in [0.4, 0.5) is 19.7 Å². The van der Waals surface area contributed by atoms with E-state index in [0.29, 0.717) is 0 Å². The van der Waals surface area contributed by atoms with Gasteiger partial charge in [-0.05, 0) is 0 Å². The molecule has 0 nitrogen and oxygen atoms in total. The number of hydrogen-bond acceptors (Lipinski definition) is 0. The maximum atomic E-state index is 9.92. The predicted octanol–water partition coefficient (Wildman–Crippen LogP) is 2.52. The zero-order valence-corrected chi connectivity index (χ0v) is 5.16. The molecule has 0 fully saturated rings. The van der Waals surface area contributed by atoms with Crippen molar-refractivity contribution < 1.29 is 35.4 Å². The van der Waals surface area contributed by atoms with E-state index >= 15 is 0 Å². The minimum atomic E-state index is -11.2. The van der Waals surface area contributed by atoms with Crippen molar-refractivity contribution >= 4 is 0 Å². The molecule has 0 radical (unpaired) electrons. The van der Waals surface area contributed by atoms with Gasteiger partial charge in [-0.15, -0.1) is 0 Å². The number of halogens is 6. The van der Waals surface area contributed by atoms with Gasteiger partial charge in [0, 0.05) is 0 Å². The van der Waals surface area contributed by atoms with Crippen LogP contribution in [0, 0.1) is 0 Å². The average Bonchev–Trinajstić information content (AvgIpc) is 0.592. The SMILES string of the molecule is [F][Os-2]([F])([F])([F])([F])[F]. The molecule has 7 heavy (non-hydrogen) atoms. The van der Waals surface area contributed by atoms with E-state index in [1.807, 2.05) is 0 Å². The Hall–Kier alpha value is 0.216. The Morgan fingerprint density at radius 2 is 0.571 bits per heavy atom. The summed E-state index contributed by atoms with van der Waals surface area (Å²) in [5.41, 5.74) is 0. The van der Waals surface area contributed by atoms with Crippen LogP contribution < -0.4 is 0 Å². The molecule has 0 bridgehead atoms. The molecule has 0 aromatic carbocycles. The summed E-state index contributed by atoms with van der Waals surface area (Å²) in [6.07, 6.45) is 0. The third-order valence-corrected chi connectivity index (χ3v) is 0. The Bertz CT molecular complexity index is 62.7. The van der Waals surface area contributed by atoms with Gasteiger partial charge in [-0.3, -0.25) is 0 Å². The van der Waals surface area contributed by atoms with E-state index in [2.05, 4.69) is 0 Å². The first kappa shape index (κ1) is 7.22. The van der Waals surface area contributed by atoms with E-state index in [-0.39, 0.29) is 0 Å². The van der Waals surface area contributed by atoms with Crippen LogP contribution in [-0.4, -0.2) is 0 Å². The van der Waals surface area contributed by atoms with Crippen molar-refractivity contribution in [2.75, 3.05) is 0 Å². The maximum absolute atomic E-state index is 11.2. The molecule has 0 unspecified atom stereocenters. The first-order valence-electron chi connectivity index (χ1n) is 0.802. The van der Waals surface area contributed by atoms with Gasteiger partial charge >= 0.3 is 35.4 Å². The second-order valence-electron chi connectivity index (χ2n) is 0.758. The summed E-state index contributed by atoms with van der Waals surface area (Å²) < 4.78 is 59.5. The molecule has 0 aromatic rings. The van der Waals surface area contributed by atoms with E-state index in [4.69, 9.17) is 0 Å². The number of hydrogen-bond donors (Lipinski definition) is 0. The molecule has 0 N–H and O–H groups in total. The van der Waals surface area contributed by atoms with Crippen LogP contribution in [0.25, 0.3) is 0 Å². The zero-order chi connectivity index (χ0) is 6.41. The summed E-state index contributed by atoms with van der Waals surface area (Å²) in [6, 6.07) is 0. The predicted molar refractivity (Wildman–Crippen MR) is 6.65 cm³/mol. The fourth-order valence-corrected chi connectivity index (χ4v) is 0. The fraction of sp³-hybridized carbons (Fsp3) is 0. The summed E-state index contributed by atoms with van der Waals surface area (Å²) in [4.78, 5) is 0. The summed E-state index contributed by atoms with van der Waals surface area (Å²) in [5, 5.41) is 0. The molecule has 0 aliphatic rings. The molecule has 0 amide bonds. The molecule has 0 aliphatic heterocycles. The van der Waals surface area contributed by atoms with Crippen LogP contribution >= 0.6 is 0 Å². The van der Waals surface area contributed by atoms with Gasteiger partial charge in [0.25, 0.3) is 0 Å². The van der Waals surface area contributed by atoms with Crippen molar-refractivity contribution in [3.63, 3.8) is 0 Å². The van der Waals surface area contributed by atoms with Crippen LogP contribution in [0.5, 0.6) is 0 Å². The zero-order valence-electron chi connectivity index (χ0n) is 2.62. The van der Waals surface area contributed by atoms with Gasteiger partial charge < -0.3 is 0 Å². The third-order valence-electron chi connectivity index (χ3n) is 0. The Morgan fingerprint density at radius 1 is 0.571 bits per heavy atom. The monoisotopic (exact) mass is 306 g/mol. The summed E-state index contributed by atoms with van der Waals surface area (Å²) >= 11 is -11.2. The van der Waals surface area contributed by atoms with Crippen molar-refractivity contribution in [1.29, 1.82) is 0 Å². The van der Waals surface area contributed by atoms with Crippen LogP contribution in [-0.2, 0) is 15.7 Å². The van der Waals surface area contributed by atoms with Gasteiger partial charge in [-0.2, -0.15) is 0 Å². The third kappa shape index (κ3) is 2360. The van der Waals surface area contributed by atoms with E-state index in [0.717, 1.165) is 0 Å². The Morgan fingerprint density at radius 3 is 0.571 bits per heavy atom. The van der Waals surface area contributed by atoms with Gasteiger partial charge in [0.2, 0.25) is 0 Å². The fourth-order valence-electron chi connectivity index (χ4n) is 0. The molecular formula is F6Os-2. The summed E-state index contributed by atoms with van der Waals surface area (Å²) in [6.45, 7) is 0. The summed E-state index contributed by atoms with van der Waals surface area (Å²) in [5.74, 6) is 0. The van der Waals surface area contributed by atoms with Crippen molar-refractivity contribution in [2.24, 2.45) is 0 Å². The molecule has 0 aliphatic carbocycles. The van der Waals surface area contributed by atoms with E-state index in [1.54, 1.807) is 0 Å². The van der Waals surface area contributed by atoms with Gasteiger partial charge in [0.05, 0.1) is 0 Å². The second kappa shape index (κ2) is 0.731. The normalized spacial score (nSPS) is 23.1. The van der Waals surface area contributed by atoms with Crippen molar-refractivity contribution in [1.82, 2.24) is 0 Å². The van der Waals surface area contributed by atoms with Gasteiger partial charge in [-0.1, -0.05) is 0 Å². The molecule has 0 saturated heterocycles. The molecule has 0 spiro atoms. The first-order valence-corrected chi connectivity index (χ1v) is 6.56. The van der Waals surface area contributed by atoms with Gasteiger partial charge in [0.15, 0.2) is 0 Å². The van der Waals surface area contributed by atoms with E-state index in [1.165, 1.54) is 0 Å². The minimum absolute atomic E-state index is 9.92. The van der Waals surface area contributed by atoms with Crippen molar-refractivity contribution in [3.05, 3.63) is 0 Å². The van der Waals surface area contributed by atoms with Crippen LogP contribution in [0.3, 0.4) is 0 Å². The van der Waals surface area contributed by atoms with Crippen molar-refractivity contribution in [3.8, 4) is 0 Å². The van der Waals surface area contributed by atoms with E-state index < -0.39 is 15.7 Å². The molecule has 0 atom stereocenters. The van der Waals surface area contributed by atoms with Crippen LogP contribution in [0.2, 0.25) is 0 Å². The standard InChI is InChI=1S/6FH.Os/h6*1H;/q;;;;;;+4/p-6. The molecule has 0 aromatic heterocycles. The molecule has 0 heterocycles. The molecule has 0 rings (SSSR count). The van der Waals surface area contributed by atoms with Crippen LogP contribution in [0.1, 0.15) is 0 Å². The molecule has 7 heteroatoms. The van der Waals surface area contributed by atoms with Crippen molar-refractivity contribution in [2.45, 2.75) is 0 Å². The molecule has 0 saturated carbocycles. The Balaban J connectivity index is 4.43. The molecule has 52 valence electrons.